The van der Waals surface area contributed by atoms with Gasteiger partial charge in [-0.15, -0.1) is 0 Å². The van der Waals surface area contributed by atoms with E-state index >= 15 is 24.0 Å². The molecular formula is C69H108N20O13S2. The average molecular weight is 1490 g/mol. The normalized spacial score (nSPS) is 23.7. The summed E-state index contributed by atoms with van der Waals surface area (Å²) in [6.07, 6.45) is 8.17. The predicted molar refractivity (Wildman–Crippen MR) is 393 cm³/mol. The molecule has 0 aliphatic carbocycles. The molecule has 35 heteroatoms. The molecule has 33 nitrogen and oxygen atoms in total. The fourth-order valence-electron chi connectivity index (χ4n) is 14.0. The molecule has 5 saturated heterocycles. The number of H-pyrrole nitrogens is 1. The number of unbranched alkanes of at least 4 members (excludes halogenated alkanes) is 1. The molecule has 5 aliphatic heterocycles. The summed E-state index contributed by atoms with van der Waals surface area (Å²) in [6.45, 7) is 5.62. The van der Waals surface area contributed by atoms with Gasteiger partial charge in [-0.25, -0.2) is 9.78 Å². The lowest BCUT2D eigenvalue weighted by Crippen LogP contribution is -2.61. The van der Waals surface area contributed by atoms with Crippen molar-refractivity contribution in [1.29, 1.82) is 0 Å². The SMILES string of the molecule is CC(C)C[C@H](NC(=O)[C@H](CCCN=C(N)N)NC(=O)[C@@H]1CCCN1C(=O)[C@H](CCCN=C(N)N)NC(=O)[C@@H]1CCC(=O)N1)C(=O)N[C@H]1CSSCC(C(=O)N[C@@H](Cc2ccccc2)C(=O)O)CC(=O)[C@@H]2CCCN(C1=O)[C@@H](Cc1cnc[nH]1)C(=O)N[C@@H](CCCCN)C(=O)NCCN1CCC[C@H]1CC2. The molecule has 1 unspecified atom stereocenters. The number of fused-ring (bicyclic) bond motifs is 5. The number of carbonyl (C=O) groups excluding carboxylic acids is 11. The highest BCUT2D eigenvalue weighted by Crippen LogP contribution is 2.32. The van der Waals surface area contributed by atoms with Gasteiger partial charge in [0.2, 0.25) is 59.1 Å². The molecule has 2 aromatic rings. The highest BCUT2D eigenvalue weighted by atomic mass is 33.1. The number of aliphatic imine (C=N–C) groups is 2. The van der Waals surface area contributed by atoms with Crippen molar-refractivity contribution in [2.24, 2.45) is 56.4 Å². The van der Waals surface area contributed by atoms with Gasteiger partial charge in [-0.1, -0.05) is 65.8 Å². The molecule has 20 N–H and O–H groups in total. The van der Waals surface area contributed by atoms with Gasteiger partial charge in [-0.2, -0.15) is 0 Å². The monoisotopic (exact) mass is 1490 g/mol. The molecule has 104 heavy (non-hydrogen) atoms. The summed E-state index contributed by atoms with van der Waals surface area (Å²) in [5, 5.41) is 33.2. The standard InChI is InChI=1S/C69H108N20O13S2/c1-41(2)33-51(84-60(94)48(18-8-26-77-68(71)72)82-63(97)54-20-12-31-88(54)65(99)50(19-9-27-78-69(73)74)83-61(95)49-23-24-57(91)80-49)62(96)86-53-39-104-103-38-44(58(92)85-52(67(101)102)34-42-13-4-3-5-14-42)35-56(90)43-15-10-30-89(66(53)100)55(36-45-37-75-40-79-45)64(98)81-47(17-6-7-25-70)59(93)76-28-32-87-29-11-16-46(87)22-21-43/h3-5,13-14,37,40-41,43-44,46-55H,6-12,15-36,38-39,70H2,1-2H3,(H,75,79)(H,76,93)(H,80,91)(H,81,98)(H,82,97)(H,83,95)(H,84,94)(H,85,92)(H,86,96)(H,101,102)(H4,71,72,77)(H4,73,74,78)/t43-,44?,46+,47+,48+,49+,50+,51+,52+,53+,54+,55+/m1/s1. The average Bonchev–Trinajstić information content (AvgIpc) is 1.64. The first kappa shape index (κ1) is 82.7. The van der Waals surface area contributed by atoms with E-state index in [1.165, 1.54) is 22.3 Å². The Kier molecular flexibility index (Phi) is 33.7. The molecule has 0 saturated carbocycles. The zero-order chi connectivity index (χ0) is 75.2. The lowest BCUT2D eigenvalue weighted by molar-refractivity contribution is -0.144. The van der Waals surface area contributed by atoms with Crippen molar-refractivity contribution in [3.8, 4) is 0 Å². The van der Waals surface area contributed by atoms with Crippen molar-refractivity contribution >= 4 is 104 Å². The summed E-state index contributed by atoms with van der Waals surface area (Å²) in [5.41, 5.74) is 29.5. The Labute approximate surface area is 614 Å². The van der Waals surface area contributed by atoms with E-state index in [4.69, 9.17) is 28.7 Å². The van der Waals surface area contributed by atoms with Crippen LogP contribution < -0.4 is 71.2 Å². The molecule has 2 bridgehead atoms. The number of rotatable bonds is 30. The second-order valence-electron chi connectivity index (χ2n) is 27.9. The van der Waals surface area contributed by atoms with Crippen LogP contribution in [-0.2, 0) is 70.4 Å². The lowest BCUT2D eigenvalue weighted by Gasteiger charge is -2.35. The Morgan fingerprint density at radius 1 is 0.712 bits per heavy atom. The maximum absolute atomic E-state index is 16.1. The number of aromatic amines is 1. The van der Waals surface area contributed by atoms with Crippen molar-refractivity contribution in [3.63, 3.8) is 0 Å². The van der Waals surface area contributed by atoms with Crippen LogP contribution >= 0.6 is 21.6 Å². The van der Waals surface area contributed by atoms with Gasteiger partial charge in [0.15, 0.2) is 11.9 Å². The van der Waals surface area contributed by atoms with Gasteiger partial charge in [-0.3, -0.25) is 67.6 Å². The van der Waals surface area contributed by atoms with Crippen LogP contribution in [0.2, 0.25) is 0 Å². The summed E-state index contributed by atoms with van der Waals surface area (Å²) in [6, 6.07) is -2.28. The lowest BCUT2D eigenvalue weighted by atomic mass is 9.86. The Morgan fingerprint density at radius 3 is 2.08 bits per heavy atom. The van der Waals surface area contributed by atoms with Gasteiger partial charge in [0.1, 0.15) is 60.2 Å². The number of ketones is 1. The smallest absolute Gasteiger partial charge is 0.326 e. The van der Waals surface area contributed by atoms with Crippen molar-refractivity contribution in [2.45, 2.75) is 209 Å². The Bertz CT molecular complexity index is 3290. The number of carboxylic acids is 1. The number of carboxylic acid groups (broad SMARTS) is 1. The maximum Gasteiger partial charge on any atom is 0.326 e. The molecular weight excluding hydrogens is 1380 g/mol. The Hall–Kier alpha value is -8.57. The first-order chi connectivity index (χ1) is 49.9. The predicted octanol–water partition coefficient (Wildman–Crippen LogP) is -1.32. The molecule has 7 rings (SSSR count). The van der Waals surface area contributed by atoms with E-state index in [0.717, 1.165) is 41.0 Å². The largest absolute Gasteiger partial charge is 0.480 e. The van der Waals surface area contributed by atoms with Gasteiger partial charge in [0.25, 0.3) is 0 Å². The number of hydrogen-bond donors (Lipinski definition) is 15. The summed E-state index contributed by atoms with van der Waals surface area (Å²) in [5.74, 6) is -10.4. The number of carbonyl (C=O) groups is 12. The van der Waals surface area contributed by atoms with Gasteiger partial charge < -0.3 is 91.1 Å². The summed E-state index contributed by atoms with van der Waals surface area (Å²) < 4.78 is 0. The number of guanidine groups is 2. The van der Waals surface area contributed by atoms with E-state index in [0.29, 0.717) is 56.5 Å². The number of Topliss-reactive ketones (excluding diaryl/α,β-unsaturated/α-hetero) is 1. The van der Waals surface area contributed by atoms with Gasteiger partial charge in [-0.05, 0) is 134 Å². The summed E-state index contributed by atoms with van der Waals surface area (Å²) in [7, 11) is 2.22. The van der Waals surface area contributed by atoms with Crippen LogP contribution in [0.15, 0.2) is 52.8 Å². The zero-order valence-electron chi connectivity index (χ0n) is 59.7. The van der Waals surface area contributed by atoms with E-state index in [1.54, 1.807) is 30.3 Å². The van der Waals surface area contributed by atoms with Crippen LogP contribution in [0.5, 0.6) is 0 Å². The second-order valence-corrected chi connectivity index (χ2v) is 30.4. The van der Waals surface area contributed by atoms with Crippen LogP contribution in [0, 0.1) is 17.8 Å². The number of aliphatic carboxylic acids is 1. The number of nitrogens with zero attached hydrogens (tertiary/aromatic N) is 6. The third-order valence-electron chi connectivity index (χ3n) is 19.5. The number of nitrogens with two attached hydrogens (primary N) is 5. The number of amides is 10. The molecule has 0 spiro atoms. The molecule has 5 aliphatic rings. The van der Waals surface area contributed by atoms with E-state index in [9.17, 15) is 38.7 Å². The van der Waals surface area contributed by atoms with Crippen molar-refractivity contribution in [3.05, 3.63) is 54.1 Å². The molecule has 12 atom stereocenters. The van der Waals surface area contributed by atoms with Crippen LogP contribution in [0.3, 0.4) is 0 Å². The van der Waals surface area contributed by atoms with Gasteiger partial charge in [0.05, 0.1) is 12.2 Å². The molecule has 5 fully saturated rings. The van der Waals surface area contributed by atoms with Crippen LogP contribution in [-0.4, -0.2) is 237 Å². The number of aromatic nitrogens is 2. The number of likely N-dealkylation sites (tertiary alicyclic amines) is 1. The summed E-state index contributed by atoms with van der Waals surface area (Å²) in [4.78, 5) is 194. The Morgan fingerprint density at radius 2 is 1.40 bits per heavy atom. The van der Waals surface area contributed by atoms with Crippen LogP contribution in [0.25, 0.3) is 0 Å². The third-order valence-corrected chi connectivity index (χ3v) is 22.0. The van der Waals surface area contributed by atoms with Gasteiger partial charge in [0, 0.05) is 100 Å². The fraction of sp³-hybridized carbons (Fsp3) is 0.667. The van der Waals surface area contributed by atoms with Crippen molar-refractivity contribution in [1.82, 2.24) is 67.2 Å². The highest BCUT2D eigenvalue weighted by Gasteiger charge is 2.43. The zero-order valence-corrected chi connectivity index (χ0v) is 61.3. The van der Waals surface area contributed by atoms with Crippen molar-refractivity contribution < 1.29 is 62.6 Å². The first-order valence-corrected chi connectivity index (χ1v) is 38.9. The summed E-state index contributed by atoms with van der Waals surface area (Å²) >= 11 is 0. The van der Waals surface area contributed by atoms with E-state index in [-0.39, 0.29) is 170 Å². The fourth-order valence-corrected chi connectivity index (χ4v) is 16.4. The minimum absolute atomic E-state index is 0.00457. The van der Waals surface area contributed by atoms with Crippen LogP contribution in [0.4, 0.5) is 0 Å². The molecule has 6 heterocycles. The van der Waals surface area contributed by atoms with E-state index < -0.39 is 125 Å². The Balaban J connectivity index is 1.22. The molecule has 1 aromatic carbocycles. The van der Waals surface area contributed by atoms with E-state index in [2.05, 4.69) is 67.4 Å². The third kappa shape index (κ3) is 26.2. The van der Waals surface area contributed by atoms with Gasteiger partial charge >= 0.3 is 5.97 Å². The van der Waals surface area contributed by atoms with Crippen molar-refractivity contribution in [2.75, 3.05) is 63.9 Å². The first-order valence-electron chi connectivity index (χ1n) is 36.5. The minimum Gasteiger partial charge on any atom is -0.480 e. The van der Waals surface area contributed by atoms with E-state index in [1.807, 2.05) is 13.8 Å². The molecule has 10 amide bonds. The quantitative estimate of drug-likeness (QED) is 0.0187. The molecule has 574 valence electrons. The van der Waals surface area contributed by atoms with Crippen LogP contribution in [0.1, 0.15) is 147 Å². The highest BCUT2D eigenvalue weighted by molar-refractivity contribution is 8.76. The minimum atomic E-state index is -1.48. The topological polar surface area (TPSA) is 515 Å². The number of nitrogens with one attached hydrogen (secondary N) is 9. The molecule has 1 aromatic heterocycles. The number of hydrogen-bond acceptors (Lipinski definition) is 19. The number of imidazole rings is 1. The maximum atomic E-state index is 16.1. The second kappa shape index (κ2) is 42.4. The molecule has 0 radical (unpaired) electrons. The number of benzene rings is 1.